The molecule has 0 aliphatic heterocycles. The standard InChI is InChI=1S/C16H20N2O2/c1-5-16(3,11-17)18-15(19)10-12(2)13-8-6-7-9-14(13)20-4/h6-10H,5H2,1-4H3,(H,18,19)/b12-10-. The molecule has 0 bridgehead atoms. The quantitative estimate of drug-likeness (QED) is 0.838. The fraction of sp³-hybridized carbons (Fsp3) is 0.375. The first-order valence-corrected chi connectivity index (χ1v) is 6.51. The van der Waals surface area contributed by atoms with Crippen molar-refractivity contribution in [2.45, 2.75) is 32.7 Å². The van der Waals surface area contributed by atoms with Crippen LogP contribution < -0.4 is 10.1 Å². The van der Waals surface area contributed by atoms with E-state index in [0.717, 1.165) is 11.1 Å². The van der Waals surface area contributed by atoms with Gasteiger partial charge in [0.25, 0.3) is 0 Å². The predicted molar refractivity (Wildman–Crippen MR) is 79.1 cm³/mol. The van der Waals surface area contributed by atoms with Crippen LogP contribution >= 0.6 is 0 Å². The molecule has 1 aromatic carbocycles. The summed E-state index contributed by atoms with van der Waals surface area (Å²) in [5.41, 5.74) is 0.811. The second-order valence-corrected chi connectivity index (χ2v) is 4.81. The molecular weight excluding hydrogens is 252 g/mol. The van der Waals surface area contributed by atoms with Crippen LogP contribution in [-0.2, 0) is 4.79 Å². The van der Waals surface area contributed by atoms with E-state index in [1.165, 1.54) is 6.08 Å². The maximum absolute atomic E-state index is 12.0. The van der Waals surface area contributed by atoms with Crippen LogP contribution in [0.25, 0.3) is 5.57 Å². The van der Waals surface area contributed by atoms with Gasteiger partial charge in [0.15, 0.2) is 0 Å². The molecule has 0 saturated carbocycles. The van der Waals surface area contributed by atoms with Crippen molar-refractivity contribution in [3.63, 3.8) is 0 Å². The highest BCUT2D eigenvalue weighted by atomic mass is 16.5. The molecule has 0 aliphatic carbocycles. The van der Waals surface area contributed by atoms with E-state index in [1.54, 1.807) is 14.0 Å². The van der Waals surface area contributed by atoms with Crippen LogP contribution in [-0.4, -0.2) is 18.6 Å². The molecule has 20 heavy (non-hydrogen) atoms. The molecule has 1 aromatic rings. The molecule has 106 valence electrons. The third-order valence-corrected chi connectivity index (χ3v) is 3.23. The third-order valence-electron chi connectivity index (χ3n) is 3.23. The summed E-state index contributed by atoms with van der Waals surface area (Å²) in [7, 11) is 1.59. The molecule has 1 N–H and O–H groups in total. The smallest absolute Gasteiger partial charge is 0.245 e. The van der Waals surface area contributed by atoms with Gasteiger partial charge >= 0.3 is 0 Å². The van der Waals surface area contributed by atoms with E-state index in [-0.39, 0.29) is 5.91 Å². The first-order chi connectivity index (χ1) is 9.45. The van der Waals surface area contributed by atoms with Crippen molar-refractivity contribution in [3.8, 4) is 11.8 Å². The molecule has 1 unspecified atom stereocenters. The van der Waals surface area contributed by atoms with Gasteiger partial charge in [0, 0.05) is 11.6 Å². The molecule has 4 nitrogen and oxygen atoms in total. The summed E-state index contributed by atoms with van der Waals surface area (Å²) in [5.74, 6) is 0.437. The first-order valence-electron chi connectivity index (χ1n) is 6.51. The number of para-hydroxylation sites is 1. The summed E-state index contributed by atoms with van der Waals surface area (Å²) in [6, 6.07) is 9.60. The summed E-state index contributed by atoms with van der Waals surface area (Å²) < 4.78 is 5.27. The van der Waals surface area contributed by atoms with Crippen molar-refractivity contribution in [2.75, 3.05) is 7.11 Å². The van der Waals surface area contributed by atoms with Crippen molar-refractivity contribution in [3.05, 3.63) is 35.9 Å². The fourth-order valence-electron chi connectivity index (χ4n) is 1.75. The van der Waals surface area contributed by atoms with E-state index in [2.05, 4.69) is 11.4 Å². The lowest BCUT2D eigenvalue weighted by Crippen LogP contribution is -2.43. The average Bonchev–Trinajstić information content (AvgIpc) is 2.46. The molecule has 1 amide bonds. The minimum atomic E-state index is -0.839. The Morgan fingerprint density at radius 2 is 2.15 bits per heavy atom. The van der Waals surface area contributed by atoms with Crippen LogP contribution in [0, 0.1) is 11.3 Å². The lowest BCUT2D eigenvalue weighted by Gasteiger charge is -2.20. The highest BCUT2D eigenvalue weighted by molar-refractivity contribution is 5.96. The number of rotatable bonds is 5. The van der Waals surface area contributed by atoms with Crippen LogP contribution in [0.2, 0.25) is 0 Å². The first kappa shape index (κ1) is 15.8. The largest absolute Gasteiger partial charge is 0.496 e. The number of amides is 1. The van der Waals surface area contributed by atoms with Gasteiger partial charge in [-0.2, -0.15) is 5.26 Å². The van der Waals surface area contributed by atoms with Crippen LogP contribution in [0.4, 0.5) is 0 Å². The molecule has 0 saturated heterocycles. The Labute approximate surface area is 120 Å². The SMILES string of the molecule is CCC(C)(C#N)NC(=O)/C=C(/C)c1ccccc1OC. The lowest BCUT2D eigenvalue weighted by molar-refractivity contribution is -0.117. The minimum Gasteiger partial charge on any atom is -0.496 e. The van der Waals surface area contributed by atoms with Crippen molar-refractivity contribution in [2.24, 2.45) is 0 Å². The Balaban J connectivity index is 2.94. The highest BCUT2D eigenvalue weighted by Crippen LogP contribution is 2.25. The van der Waals surface area contributed by atoms with E-state index in [0.29, 0.717) is 12.2 Å². The molecule has 0 aliphatic rings. The lowest BCUT2D eigenvalue weighted by atomic mass is 10.0. The molecular formula is C16H20N2O2. The Kier molecular flexibility index (Phi) is 5.33. The monoisotopic (exact) mass is 272 g/mol. The molecule has 0 radical (unpaired) electrons. The van der Waals surface area contributed by atoms with Crippen molar-refractivity contribution in [1.82, 2.24) is 5.32 Å². The summed E-state index contributed by atoms with van der Waals surface area (Å²) in [6.07, 6.45) is 2.04. The topological polar surface area (TPSA) is 62.1 Å². The number of nitriles is 1. The third kappa shape index (κ3) is 3.86. The van der Waals surface area contributed by atoms with Crippen LogP contribution in [0.15, 0.2) is 30.3 Å². The number of hydrogen-bond donors (Lipinski definition) is 1. The summed E-state index contributed by atoms with van der Waals surface area (Å²) in [5, 5.41) is 11.8. The zero-order chi connectivity index (χ0) is 15.2. The van der Waals surface area contributed by atoms with Gasteiger partial charge in [-0.3, -0.25) is 4.79 Å². The number of hydrogen-bond acceptors (Lipinski definition) is 3. The highest BCUT2D eigenvalue weighted by Gasteiger charge is 2.22. The Morgan fingerprint density at radius 1 is 1.50 bits per heavy atom. The van der Waals surface area contributed by atoms with E-state index >= 15 is 0 Å². The summed E-state index contributed by atoms with van der Waals surface area (Å²) in [6.45, 7) is 5.41. The van der Waals surface area contributed by atoms with Gasteiger partial charge in [-0.1, -0.05) is 25.1 Å². The average molecular weight is 272 g/mol. The van der Waals surface area contributed by atoms with Gasteiger partial charge in [0.05, 0.1) is 13.2 Å². The van der Waals surface area contributed by atoms with E-state index in [4.69, 9.17) is 10.00 Å². The molecule has 0 fully saturated rings. The predicted octanol–water partition coefficient (Wildman–Crippen LogP) is 2.91. The van der Waals surface area contributed by atoms with Crippen molar-refractivity contribution < 1.29 is 9.53 Å². The van der Waals surface area contributed by atoms with Gasteiger partial charge in [0.2, 0.25) is 5.91 Å². The van der Waals surface area contributed by atoms with Gasteiger partial charge in [-0.25, -0.2) is 0 Å². The molecule has 0 heterocycles. The fourth-order valence-corrected chi connectivity index (χ4v) is 1.75. The van der Waals surface area contributed by atoms with Crippen LogP contribution in [0.1, 0.15) is 32.8 Å². The number of nitrogens with one attached hydrogen (secondary N) is 1. The number of allylic oxidation sites excluding steroid dienone is 1. The van der Waals surface area contributed by atoms with Gasteiger partial charge in [-0.05, 0) is 31.9 Å². The zero-order valence-corrected chi connectivity index (χ0v) is 12.4. The van der Waals surface area contributed by atoms with Crippen molar-refractivity contribution >= 4 is 11.5 Å². The normalized spacial score (nSPS) is 14.1. The second-order valence-electron chi connectivity index (χ2n) is 4.81. The van der Waals surface area contributed by atoms with E-state index < -0.39 is 5.54 Å². The summed E-state index contributed by atoms with van der Waals surface area (Å²) in [4.78, 5) is 12.0. The Morgan fingerprint density at radius 3 is 2.70 bits per heavy atom. The van der Waals surface area contributed by atoms with Gasteiger partial charge in [-0.15, -0.1) is 0 Å². The Hall–Kier alpha value is -2.28. The second kappa shape index (κ2) is 6.76. The summed E-state index contributed by atoms with van der Waals surface area (Å²) >= 11 is 0. The van der Waals surface area contributed by atoms with Gasteiger partial charge < -0.3 is 10.1 Å². The van der Waals surface area contributed by atoms with Crippen LogP contribution in [0.3, 0.4) is 0 Å². The zero-order valence-electron chi connectivity index (χ0n) is 12.4. The number of benzene rings is 1. The number of methoxy groups -OCH3 is 1. The number of carbonyl (C=O) groups is 1. The van der Waals surface area contributed by atoms with E-state index in [9.17, 15) is 4.79 Å². The maximum Gasteiger partial charge on any atom is 0.245 e. The Bertz CT molecular complexity index is 558. The molecule has 0 spiro atoms. The maximum atomic E-state index is 12.0. The number of nitrogens with zero attached hydrogens (tertiary/aromatic N) is 1. The molecule has 1 rings (SSSR count). The van der Waals surface area contributed by atoms with Crippen molar-refractivity contribution in [1.29, 1.82) is 5.26 Å². The van der Waals surface area contributed by atoms with E-state index in [1.807, 2.05) is 38.1 Å². The molecule has 4 heteroatoms. The van der Waals surface area contributed by atoms with Crippen LogP contribution in [0.5, 0.6) is 5.75 Å². The van der Waals surface area contributed by atoms with Gasteiger partial charge in [0.1, 0.15) is 11.3 Å². The number of ether oxygens (including phenoxy) is 1. The minimum absolute atomic E-state index is 0.278. The number of carbonyl (C=O) groups excluding carboxylic acids is 1. The molecule has 1 atom stereocenters. The molecule has 0 aromatic heterocycles.